The second kappa shape index (κ2) is 6.19. The number of pyridine rings is 1. The average molecular weight is 323 g/mol. The highest BCUT2D eigenvalue weighted by Crippen LogP contribution is 2.41. The van der Waals surface area contributed by atoms with Crippen molar-refractivity contribution in [3.05, 3.63) is 84.6 Å². The van der Waals surface area contributed by atoms with E-state index in [4.69, 9.17) is 5.11 Å². The Kier molecular flexibility index (Phi) is 4.09. The largest absolute Gasteiger partial charge is 0.477 e. The van der Waals surface area contributed by atoms with E-state index < -0.39 is 13.1 Å². The second-order valence-corrected chi connectivity index (χ2v) is 7.68. The summed E-state index contributed by atoms with van der Waals surface area (Å²) in [4.78, 5) is 15.3. The van der Waals surface area contributed by atoms with E-state index in [2.05, 4.69) is 4.98 Å². The van der Waals surface area contributed by atoms with Crippen LogP contribution in [0.1, 0.15) is 10.5 Å². The maximum Gasteiger partial charge on any atom is 0.354 e. The van der Waals surface area contributed by atoms with Crippen LogP contribution in [0.25, 0.3) is 0 Å². The van der Waals surface area contributed by atoms with Crippen LogP contribution >= 0.6 is 7.14 Å². The molecule has 2 aromatic carbocycles. The zero-order valence-electron chi connectivity index (χ0n) is 12.2. The molecule has 0 atom stereocenters. The van der Waals surface area contributed by atoms with Crippen LogP contribution in [-0.2, 0) is 4.57 Å². The molecule has 0 amide bonds. The molecule has 114 valence electrons. The fraction of sp³-hybridized carbons (Fsp3) is 0. The molecule has 0 fully saturated rings. The summed E-state index contributed by atoms with van der Waals surface area (Å²) in [6.45, 7) is 0. The highest BCUT2D eigenvalue weighted by Gasteiger charge is 2.31. The molecule has 0 saturated carbocycles. The summed E-state index contributed by atoms with van der Waals surface area (Å²) in [5.74, 6) is -1.14. The van der Waals surface area contributed by atoms with Gasteiger partial charge in [-0.05, 0) is 12.1 Å². The highest BCUT2D eigenvalue weighted by molar-refractivity contribution is 7.85. The van der Waals surface area contributed by atoms with Crippen molar-refractivity contribution in [1.29, 1.82) is 0 Å². The van der Waals surface area contributed by atoms with Crippen molar-refractivity contribution >= 4 is 29.2 Å². The van der Waals surface area contributed by atoms with Gasteiger partial charge in [-0.25, -0.2) is 9.78 Å². The Morgan fingerprint density at radius 2 is 1.30 bits per heavy atom. The molecular weight excluding hydrogens is 309 g/mol. The summed E-state index contributed by atoms with van der Waals surface area (Å²) in [7, 11) is -3.22. The van der Waals surface area contributed by atoms with Crippen molar-refractivity contribution in [1.82, 2.24) is 4.98 Å². The molecule has 1 heterocycles. The van der Waals surface area contributed by atoms with Crippen molar-refractivity contribution in [2.24, 2.45) is 0 Å². The van der Waals surface area contributed by atoms with Gasteiger partial charge in [0, 0.05) is 10.6 Å². The van der Waals surface area contributed by atoms with Crippen LogP contribution in [-0.4, -0.2) is 16.1 Å². The van der Waals surface area contributed by atoms with Gasteiger partial charge in [0.05, 0.1) is 0 Å². The zero-order chi connectivity index (χ0) is 16.3. The van der Waals surface area contributed by atoms with Gasteiger partial charge in [0.15, 0.2) is 7.14 Å². The molecule has 4 nitrogen and oxygen atoms in total. The van der Waals surface area contributed by atoms with E-state index in [-0.39, 0.29) is 11.1 Å². The topological polar surface area (TPSA) is 67.3 Å². The Labute approximate surface area is 133 Å². The lowest BCUT2D eigenvalue weighted by molar-refractivity contribution is 0.0691. The van der Waals surface area contributed by atoms with Gasteiger partial charge in [-0.1, -0.05) is 66.7 Å². The van der Waals surface area contributed by atoms with Crippen molar-refractivity contribution in [2.75, 3.05) is 0 Å². The Hall–Kier alpha value is -2.71. The first kappa shape index (κ1) is 15.2. The van der Waals surface area contributed by atoms with Crippen LogP contribution in [0.15, 0.2) is 78.9 Å². The van der Waals surface area contributed by atoms with Crippen LogP contribution < -0.4 is 16.0 Å². The second-order valence-electron chi connectivity index (χ2n) is 4.97. The molecule has 0 aliphatic rings. The molecule has 1 N–H and O–H groups in total. The Balaban J connectivity index is 2.28. The van der Waals surface area contributed by atoms with Crippen molar-refractivity contribution < 1.29 is 14.5 Å². The molecular formula is C18H14NO3P. The monoisotopic (exact) mass is 323 g/mol. The number of hydrogen-bond donors (Lipinski definition) is 1. The minimum absolute atomic E-state index is 0.116. The van der Waals surface area contributed by atoms with Crippen LogP contribution in [0.5, 0.6) is 0 Å². The van der Waals surface area contributed by atoms with Gasteiger partial charge in [-0.3, -0.25) is 0 Å². The summed E-state index contributed by atoms with van der Waals surface area (Å²) in [5.41, 5.74) is 0.157. The van der Waals surface area contributed by atoms with Crippen molar-refractivity contribution in [2.45, 2.75) is 0 Å². The molecule has 0 saturated heterocycles. The Morgan fingerprint density at radius 1 is 0.783 bits per heavy atom. The summed E-state index contributed by atoms with van der Waals surface area (Å²) in [6, 6.07) is 22.6. The lowest BCUT2D eigenvalue weighted by atomic mass is 10.3. The van der Waals surface area contributed by atoms with E-state index >= 15 is 0 Å². The quantitative estimate of drug-likeness (QED) is 0.749. The number of carboxylic acid groups (broad SMARTS) is 1. The predicted octanol–water partition coefficient (Wildman–Crippen LogP) is 2.42. The predicted molar refractivity (Wildman–Crippen MR) is 90.6 cm³/mol. The fourth-order valence-electron chi connectivity index (χ4n) is 2.41. The molecule has 0 unspecified atom stereocenters. The first-order valence-corrected chi connectivity index (χ1v) is 8.75. The van der Waals surface area contributed by atoms with E-state index in [1.165, 1.54) is 6.07 Å². The molecule has 3 rings (SSSR count). The van der Waals surface area contributed by atoms with Crippen LogP contribution in [0.2, 0.25) is 0 Å². The third-order valence-corrected chi connectivity index (χ3v) is 6.46. The number of benzene rings is 2. The lowest BCUT2D eigenvalue weighted by Crippen LogP contribution is -2.28. The van der Waals surface area contributed by atoms with E-state index in [9.17, 15) is 9.36 Å². The Bertz CT molecular complexity index is 836. The molecule has 0 aliphatic heterocycles. The molecule has 0 bridgehead atoms. The van der Waals surface area contributed by atoms with Gasteiger partial charge in [0.2, 0.25) is 0 Å². The first-order chi connectivity index (χ1) is 11.1. The van der Waals surface area contributed by atoms with Gasteiger partial charge in [-0.15, -0.1) is 0 Å². The average Bonchev–Trinajstić information content (AvgIpc) is 2.62. The summed E-state index contributed by atoms with van der Waals surface area (Å²) in [6.07, 6.45) is 0. The number of carbonyl (C=O) groups is 1. The van der Waals surface area contributed by atoms with Gasteiger partial charge in [0.25, 0.3) is 0 Å². The normalized spacial score (nSPS) is 11.1. The lowest BCUT2D eigenvalue weighted by Gasteiger charge is -2.19. The number of nitrogens with zero attached hydrogens (tertiary/aromatic N) is 1. The molecule has 5 heteroatoms. The summed E-state index contributed by atoms with van der Waals surface area (Å²) < 4.78 is 13.9. The minimum atomic E-state index is -3.22. The molecule has 0 spiro atoms. The minimum Gasteiger partial charge on any atom is -0.477 e. The number of aromatic carboxylic acids is 1. The first-order valence-electron chi connectivity index (χ1n) is 7.04. The molecule has 0 radical (unpaired) electrons. The summed E-state index contributed by atoms with van der Waals surface area (Å²) in [5, 5.41) is 10.4. The molecule has 3 aromatic rings. The van der Waals surface area contributed by atoms with E-state index in [1.807, 2.05) is 36.4 Å². The van der Waals surface area contributed by atoms with Gasteiger partial charge in [0.1, 0.15) is 11.1 Å². The van der Waals surface area contributed by atoms with E-state index in [0.29, 0.717) is 10.6 Å². The van der Waals surface area contributed by atoms with Crippen LogP contribution in [0.4, 0.5) is 0 Å². The number of rotatable bonds is 4. The van der Waals surface area contributed by atoms with Crippen molar-refractivity contribution in [3.8, 4) is 0 Å². The van der Waals surface area contributed by atoms with E-state index in [1.54, 1.807) is 36.4 Å². The van der Waals surface area contributed by atoms with Gasteiger partial charge >= 0.3 is 5.97 Å². The summed E-state index contributed by atoms with van der Waals surface area (Å²) >= 11 is 0. The fourth-order valence-corrected chi connectivity index (χ4v) is 4.96. The number of hydrogen-bond acceptors (Lipinski definition) is 3. The Morgan fingerprint density at radius 3 is 1.78 bits per heavy atom. The molecule has 1 aromatic heterocycles. The number of carboxylic acids is 1. The highest BCUT2D eigenvalue weighted by atomic mass is 31.2. The van der Waals surface area contributed by atoms with Gasteiger partial charge < -0.3 is 9.67 Å². The molecule has 23 heavy (non-hydrogen) atoms. The van der Waals surface area contributed by atoms with Crippen LogP contribution in [0, 0.1) is 0 Å². The SMILES string of the molecule is O=C(O)c1cccc(P(=O)(c2ccccc2)c2ccccc2)n1. The van der Waals surface area contributed by atoms with Crippen molar-refractivity contribution in [3.63, 3.8) is 0 Å². The maximum absolute atomic E-state index is 13.9. The standard InChI is InChI=1S/C18H14NO3P/c20-18(21)16-12-7-13-17(19-16)23(22,14-8-3-1-4-9-14)15-10-5-2-6-11-15/h1-13H,(H,20,21). The molecule has 0 aliphatic carbocycles. The third-order valence-electron chi connectivity index (χ3n) is 3.52. The maximum atomic E-state index is 13.9. The van der Waals surface area contributed by atoms with Crippen LogP contribution in [0.3, 0.4) is 0 Å². The zero-order valence-corrected chi connectivity index (χ0v) is 13.1. The number of aromatic nitrogens is 1. The van der Waals surface area contributed by atoms with Gasteiger partial charge in [-0.2, -0.15) is 0 Å². The third kappa shape index (κ3) is 2.81. The van der Waals surface area contributed by atoms with E-state index in [0.717, 1.165) is 0 Å². The smallest absolute Gasteiger partial charge is 0.354 e.